The van der Waals surface area contributed by atoms with Gasteiger partial charge in [-0.25, -0.2) is 0 Å². The molecule has 1 atom stereocenters. The predicted molar refractivity (Wildman–Crippen MR) is 97.4 cm³/mol. The van der Waals surface area contributed by atoms with E-state index in [1.54, 1.807) is 0 Å². The third-order valence-corrected chi connectivity index (χ3v) is 5.96. The molecule has 0 bridgehead atoms. The highest BCUT2D eigenvalue weighted by Crippen LogP contribution is 2.48. The molecule has 1 aliphatic carbocycles. The summed E-state index contributed by atoms with van der Waals surface area (Å²) in [6, 6.07) is 8.03. The second-order valence-corrected chi connectivity index (χ2v) is 8.06. The van der Waals surface area contributed by atoms with Crippen molar-refractivity contribution in [2.24, 2.45) is 5.92 Å². The zero-order valence-corrected chi connectivity index (χ0v) is 16.6. The SMILES string of the molecule is CCC(C)c1ccc(COC2CCC(CC(O)(C(F)(F)F)C(F)(F)F)CC2)cc1. The van der Waals surface area contributed by atoms with Crippen molar-refractivity contribution in [1.29, 1.82) is 0 Å². The van der Waals surface area contributed by atoms with Crippen LogP contribution in [-0.2, 0) is 11.3 Å². The van der Waals surface area contributed by atoms with E-state index in [9.17, 15) is 31.4 Å². The Morgan fingerprint density at radius 3 is 1.93 bits per heavy atom. The fourth-order valence-electron chi connectivity index (χ4n) is 3.70. The van der Waals surface area contributed by atoms with Crippen molar-refractivity contribution in [3.05, 3.63) is 35.4 Å². The minimum absolute atomic E-state index is 0.159. The third-order valence-electron chi connectivity index (χ3n) is 5.96. The number of aliphatic hydroxyl groups is 1. The predicted octanol–water partition coefficient (Wildman–Crippen LogP) is 6.52. The van der Waals surface area contributed by atoms with Gasteiger partial charge in [-0.2, -0.15) is 26.3 Å². The summed E-state index contributed by atoms with van der Waals surface area (Å²) in [5.74, 6) is -0.384. The molecule has 8 heteroatoms. The summed E-state index contributed by atoms with van der Waals surface area (Å²) in [5, 5.41) is 9.35. The summed E-state index contributed by atoms with van der Waals surface area (Å²) < 4.78 is 82.9. The van der Waals surface area contributed by atoms with Gasteiger partial charge in [-0.1, -0.05) is 38.1 Å². The van der Waals surface area contributed by atoms with Gasteiger partial charge in [-0.15, -0.1) is 0 Å². The number of ether oxygens (including phenoxy) is 1. The van der Waals surface area contributed by atoms with Crippen molar-refractivity contribution in [2.75, 3.05) is 0 Å². The Morgan fingerprint density at radius 1 is 0.966 bits per heavy atom. The topological polar surface area (TPSA) is 29.5 Å². The van der Waals surface area contributed by atoms with Gasteiger partial charge in [0.05, 0.1) is 12.7 Å². The number of rotatable bonds is 7. The van der Waals surface area contributed by atoms with Gasteiger partial charge in [0.2, 0.25) is 0 Å². The molecule has 2 rings (SSSR count). The molecule has 0 radical (unpaired) electrons. The summed E-state index contributed by atoms with van der Waals surface area (Å²) in [6.45, 7) is 4.61. The Labute approximate surface area is 167 Å². The summed E-state index contributed by atoms with van der Waals surface area (Å²) in [5.41, 5.74) is -2.45. The quantitative estimate of drug-likeness (QED) is 0.503. The van der Waals surface area contributed by atoms with E-state index >= 15 is 0 Å². The number of hydrogen-bond acceptors (Lipinski definition) is 2. The Bertz CT molecular complexity index is 616. The van der Waals surface area contributed by atoms with Crippen LogP contribution in [0.25, 0.3) is 0 Å². The van der Waals surface area contributed by atoms with Crippen LogP contribution in [0.5, 0.6) is 0 Å². The van der Waals surface area contributed by atoms with E-state index in [4.69, 9.17) is 4.74 Å². The van der Waals surface area contributed by atoms with Gasteiger partial charge < -0.3 is 9.84 Å². The van der Waals surface area contributed by atoms with Crippen LogP contribution in [0.4, 0.5) is 26.3 Å². The molecular weight excluding hydrogens is 398 g/mol. The number of halogens is 6. The molecule has 0 aliphatic heterocycles. The number of alkyl halides is 6. The molecule has 166 valence electrons. The Morgan fingerprint density at radius 2 is 1.48 bits per heavy atom. The van der Waals surface area contributed by atoms with Crippen LogP contribution in [0.1, 0.15) is 69.4 Å². The molecule has 1 saturated carbocycles. The van der Waals surface area contributed by atoms with Crippen LogP contribution in [0.3, 0.4) is 0 Å². The van der Waals surface area contributed by atoms with Gasteiger partial charge in [0.1, 0.15) is 0 Å². The van der Waals surface area contributed by atoms with Gasteiger partial charge in [0.25, 0.3) is 5.60 Å². The molecule has 1 N–H and O–H groups in total. The summed E-state index contributed by atoms with van der Waals surface area (Å²) >= 11 is 0. The number of benzene rings is 1. The second kappa shape index (κ2) is 9.25. The maximum atomic E-state index is 12.8. The lowest BCUT2D eigenvalue weighted by atomic mass is 9.79. The first-order valence-corrected chi connectivity index (χ1v) is 9.93. The molecule has 1 fully saturated rings. The molecule has 2 nitrogen and oxygen atoms in total. The van der Waals surface area contributed by atoms with Crippen LogP contribution in [0.2, 0.25) is 0 Å². The van der Waals surface area contributed by atoms with Crippen LogP contribution < -0.4 is 0 Å². The fourth-order valence-corrected chi connectivity index (χ4v) is 3.70. The lowest BCUT2D eigenvalue weighted by Gasteiger charge is -2.37. The lowest BCUT2D eigenvalue weighted by molar-refractivity contribution is -0.373. The first kappa shape index (κ1) is 24.0. The van der Waals surface area contributed by atoms with E-state index in [1.165, 1.54) is 5.56 Å². The van der Waals surface area contributed by atoms with Crippen molar-refractivity contribution in [1.82, 2.24) is 0 Å². The zero-order chi connectivity index (χ0) is 21.9. The van der Waals surface area contributed by atoms with Crippen molar-refractivity contribution in [3.63, 3.8) is 0 Å². The summed E-state index contributed by atoms with van der Waals surface area (Å²) in [6.07, 6.45) is -11.0. The summed E-state index contributed by atoms with van der Waals surface area (Å²) in [7, 11) is 0. The molecule has 1 unspecified atom stereocenters. The largest absolute Gasteiger partial charge is 0.426 e. The Hall–Kier alpha value is -1.28. The average molecular weight is 426 g/mol. The van der Waals surface area contributed by atoms with Gasteiger partial charge >= 0.3 is 12.4 Å². The zero-order valence-electron chi connectivity index (χ0n) is 16.6. The van der Waals surface area contributed by atoms with E-state index in [0.29, 0.717) is 25.4 Å². The minimum atomic E-state index is -5.75. The second-order valence-electron chi connectivity index (χ2n) is 8.06. The summed E-state index contributed by atoms with van der Waals surface area (Å²) in [4.78, 5) is 0. The number of hydrogen-bond donors (Lipinski definition) is 1. The smallest absolute Gasteiger partial charge is 0.374 e. The maximum Gasteiger partial charge on any atom is 0.426 e. The molecule has 29 heavy (non-hydrogen) atoms. The van der Waals surface area contributed by atoms with Crippen LogP contribution in [-0.4, -0.2) is 29.2 Å². The Kier molecular flexibility index (Phi) is 7.65. The highest BCUT2D eigenvalue weighted by molar-refractivity contribution is 5.24. The van der Waals surface area contributed by atoms with Crippen LogP contribution >= 0.6 is 0 Å². The van der Waals surface area contributed by atoms with Gasteiger partial charge in [-0.3, -0.25) is 0 Å². The van der Waals surface area contributed by atoms with E-state index in [2.05, 4.69) is 13.8 Å². The molecule has 0 amide bonds. The lowest BCUT2D eigenvalue weighted by Crippen LogP contribution is -2.57. The van der Waals surface area contributed by atoms with E-state index < -0.39 is 30.3 Å². The maximum absolute atomic E-state index is 12.8. The van der Waals surface area contributed by atoms with Gasteiger partial charge in [0, 0.05) is 0 Å². The highest BCUT2D eigenvalue weighted by atomic mass is 19.4. The van der Waals surface area contributed by atoms with Gasteiger partial charge in [-0.05, 0) is 61.5 Å². The molecule has 1 aromatic carbocycles. The van der Waals surface area contributed by atoms with E-state index in [-0.39, 0.29) is 18.9 Å². The molecule has 1 aromatic rings. The van der Waals surface area contributed by atoms with E-state index in [1.807, 2.05) is 24.3 Å². The molecular formula is C21H28F6O2. The molecule has 0 saturated heterocycles. The fraction of sp³-hybridized carbons (Fsp3) is 0.714. The first-order valence-electron chi connectivity index (χ1n) is 9.93. The normalized spacial score (nSPS) is 22.5. The minimum Gasteiger partial charge on any atom is -0.374 e. The average Bonchev–Trinajstić information content (AvgIpc) is 2.65. The van der Waals surface area contributed by atoms with Crippen LogP contribution in [0, 0.1) is 5.92 Å². The van der Waals surface area contributed by atoms with Crippen molar-refractivity contribution >= 4 is 0 Å². The van der Waals surface area contributed by atoms with Crippen molar-refractivity contribution < 1.29 is 36.2 Å². The Balaban J connectivity index is 1.84. The van der Waals surface area contributed by atoms with Crippen molar-refractivity contribution in [3.8, 4) is 0 Å². The van der Waals surface area contributed by atoms with Gasteiger partial charge in [0.15, 0.2) is 0 Å². The van der Waals surface area contributed by atoms with Crippen LogP contribution in [0.15, 0.2) is 24.3 Å². The molecule has 0 heterocycles. The molecule has 0 aromatic heterocycles. The monoisotopic (exact) mass is 426 g/mol. The standard InChI is InChI=1S/C21H28F6O2/c1-3-14(2)17-8-4-16(5-9-17)13-29-18-10-6-15(7-11-18)12-19(28,20(22,23)24)21(25,26)27/h4-5,8-9,14-15,18,28H,3,6-7,10-13H2,1-2H3. The molecule has 1 aliphatic rings. The highest BCUT2D eigenvalue weighted by Gasteiger charge is 2.70. The first-order chi connectivity index (χ1) is 13.4. The third kappa shape index (κ3) is 5.87. The van der Waals surface area contributed by atoms with E-state index in [0.717, 1.165) is 12.0 Å². The molecule has 0 spiro atoms. The van der Waals surface area contributed by atoms with Crippen molar-refractivity contribution in [2.45, 2.75) is 89.0 Å².